The van der Waals surface area contributed by atoms with Gasteiger partial charge in [-0.05, 0) is 105 Å². The number of aryl methyl sites for hydroxylation is 1. The maximum Gasteiger partial charge on any atom is 0.343 e. The summed E-state index contributed by atoms with van der Waals surface area (Å²) in [6.45, 7) is 11.6. The normalized spacial score (nSPS) is 10.4. The molecular formula is C36H38O10. The molecule has 0 aliphatic heterocycles. The van der Waals surface area contributed by atoms with Gasteiger partial charge in [0.05, 0.1) is 37.6 Å². The van der Waals surface area contributed by atoms with Gasteiger partial charge in [0.2, 0.25) is 0 Å². The van der Waals surface area contributed by atoms with Gasteiger partial charge in [-0.25, -0.2) is 19.2 Å². The summed E-state index contributed by atoms with van der Waals surface area (Å²) in [5, 5.41) is 9.89. The summed E-state index contributed by atoms with van der Waals surface area (Å²) in [5.41, 5.74) is 2.87. The summed E-state index contributed by atoms with van der Waals surface area (Å²) < 4.78 is 27.1. The fourth-order valence-corrected chi connectivity index (χ4v) is 4.41. The molecule has 0 saturated heterocycles. The van der Waals surface area contributed by atoms with Gasteiger partial charge in [-0.3, -0.25) is 0 Å². The Morgan fingerprint density at radius 3 is 1.85 bits per heavy atom. The van der Waals surface area contributed by atoms with Crippen LogP contribution in [0.2, 0.25) is 0 Å². The average Bonchev–Trinajstić information content (AvgIpc) is 3.05. The molecule has 10 heteroatoms. The Kier molecular flexibility index (Phi) is 13.6. The van der Waals surface area contributed by atoms with Crippen molar-refractivity contribution in [3.8, 4) is 28.4 Å². The standard InChI is InChI=1S/C36H38O10/c1-5-32(37)44-21-9-7-19-42-28-14-11-26(12-15-28)36(41)46-30-17-13-27(23-24(30)3)34-25(4)31(18-16-29(34)35(39)40)43-20-8-10-22-45-33(38)6-2/h5-6,11-18,23H,1-2,7-10,19-22H2,3-4H3,(H,39,40). The van der Waals surface area contributed by atoms with Gasteiger partial charge in [0.15, 0.2) is 0 Å². The predicted molar refractivity (Wildman–Crippen MR) is 171 cm³/mol. The minimum atomic E-state index is -1.08. The molecule has 0 fully saturated rings. The van der Waals surface area contributed by atoms with Gasteiger partial charge in [-0.2, -0.15) is 0 Å². The Bertz CT molecular complexity index is 1560. The number of hydrogen-bond donors (Lipinski definition) is 1. The van der Waals surface area contributed by atoms with Crippen LogP contribution in [0.4, 0.5) is 0 Å². The minimum Gasteiger partial charge on any atom is -0.494 e. The van der Waals surface area contributed by atoms with Crippen LogP contribution in [0.25, 0.3) is 11.1 Å². The SMILES string of the molecule is C=CC(=O)OCCCCOc1ccc(C(=O)Oc2ccc(-c3c(C(=O)O)ccc(OCCCCOC(=O)C=C)c3C)cc2C)cc1. The van der Waals surface area contributed by atoms with E-state index in [-0.39, 0.29) is 12.2 Å². The largest absolute Gasteiger partial charge is 0.494 e. The van der Waals surface area contributed by atoms with Crippen molar-refractivity contribution in [3.05, 3.63) is 102 Å². The molecule has 0 saturated carbocycles. The fourth-order valence-electron chi connectivity index (χ4n) is 4.41. The van der Waals surface area contributed by atoms with Crippen LogP contribution in [0.1, 0.15) is 57.5 Å². The zero-order valence-corrected chi connectivity index (χ0v) is 26.0. The van der Waals surface area contributed by atoms with E-state index in [9.17, 15) is 24.3 Å². The van der Waals surface area contributed by atoms with Gasteiger partial charge in [-0.1, -0.05) is 19.2 Å². The number of carbonyl (C=O) groups excluding carboxylic acids is 3. The zero-order chi connectivity index (χ0) is 33.5. The van der Waals surface area contributed by atoms with E-state index in [0.717, 1.165) is 12.2 Å². The van der Waals surface area contributed by atoms with Crippen molar-refractivity contribution in [2.24, 2.45) is 0 Å². The maximum absolute atomic E-state index is 12.9. The summed E-state index contributed by atoms with van der Waals surface area (Å²) in [5.74, 6) is -1.10. The van der Waals surface area contributed by atoms with E-state index in [1.165, 1.54) is 6.07 Å². The monoisotopic (exact) mass is 630 g/mol. The van der Waals surface area contributed by atoms with Gasteiger partial charge in [0.25, 0.3) is 0 Å². The number of carboxylic acids is 1. The smallest absolute Gasteiger partial charge is 0.343 e. The van der Waals surface area contributed by atoms with Crippen LogP contribution in [0.3, 0.4) is 0 Å². The van der Waals surface area contributed by atoms with Crippen molar-refractivity contribution < 1.29 is 48.0 Å². The lowest BCUT2D eigenvalue weighted by atomic mass is 9.93. The molecular weight excluding hydrogens is 592 g/mol. The van der Waals surface area contributed by atoms with Crippen LogP contribution in [0.5, 0.6) is 17.2 Å². The second-order valence-corrected chi connectivity index (χ2v) is 10.2. The highest BCUT2D eigenvalue weighted by molar-refractivity contribution is 5.98. The Hall–Kier alpha value is -5.38. The van der Waals surface area contributed by atoms with Crippen molar-refractivity contribution in [1.82, 2.24) is 0 Å². The van der Waals surface area contributed by atoms with Crippen LogP contribution in [0.15, 0.2) is 79.9 Å². The quantitative estimate of drug-likeness (QED) is 0.0703. The van der Waals surface area contributed by atoms with Gasteiger partial charge >= 0.3 is 23.9 Å². The molecule has 1 N–H and O–H groups in total. The van der Waals surface area contributed by atoms with Gasteiger partial charge < -0.3 is 28.8 Å². The summed E-state index contributed by atoms with van der Waals surface area (Å²) in [4.78, 5) is 47.2. The van der Waals surface area contributed by atoms with Gasteiger partial charge in [0, 0.05) is 17.7 Å². The van der Waals surface area contributed by atoms with Crippen molar-refractivity contribution in [2.45, 2.75) is 39.5 Å². The maximum atomic E-state index is 12.9. The molecule has 0 unspecified atom stereocenters. The fraction of sp³-hybridized carbons (Fsp3) is 0.278. The Morgan fingerprint density at radius 2 is 1.28 bits per heavy atom. The molecule has 0 heterocycles. The van der Waals surface area contributed by atoms with Crippen molar-refractivity contribution in [1.29, 1.82) is 0 Å². The molecule has 46 heavy (non-hydrogen) atoms. The molecule has 3 aromatic carbocycles. The van der Waals surface area contributed by atoms with Crippen LogP contribution < -0.4 is 14.2 Å². The molecule has 0 bridgehead atoms. The summed E-state index contributed by atoms with van der Waals surface area (Å²) in [7, 11) is 0. The molecule has 0 aliphatic rings. The first-order valence-corrected chi connectivity index (χ1v) is 14.8. The molecule has 242 valence electrons. The molecule has 0 atom stereocenters. The Morgan fingerprint density at radius 1 is 0.717 bits per heavy atom. The van der Waals surface area contributed by atoms with Gasteiger partial charge in [0.1, 0.15) is 17.2 Å². The summed E-state index contributed by atoms with van der Waals surface area (Å²) in [6, 6.07) is 14.8. The first kappa shape index (κ1) is 35.1. The number of unbranched alkanes of at least 4 members (excludes halogenated alkanes) is 2. The number of carbonyl (C=O) groups is 4. The van der Waals surface area contributed by atoms with Crippen molar-refractivity contribution >= 4 is 23.9 Å². The molecule has 0 aromatic heterocycles. The third-order valence-electron chi connectivity index (χ3n) is 6.83. The summed E-state index contributed by atoms with van der Waals surface area (Å²) >= 11 is 0. The van der Waals surface area contributed by atoms with Gasteiger partial charge in [-0.15, -0.1) is 0 Å². The molecule has 0 radical (unpaired) electrons. The number of hydrogen-bond acceptors (Lipinski definition) is 9. The lowest BCUT2D eigenvalue weighted by Gasteiger charge is -2.17. The average molecular weight is 631 g/mol. The molecule has 0 spiro atoms. The highest BCUT2D eigenvalue weighted by Crippen LogP contribution is 2.36. The topological polar surface area (TPSA) is 135 Å². The number of ether oxygens (including phenoxy) is 5. The molecule has 0 aliphatic carbocycles. The molecule has 10 nitrogen and oxygen atoms in total. The third kappa shape index (κ3) is 10.4. The number of esters is 3. The first-order valence-electron chi connectivity index (χ1n) is 14.8. The van der Waals surface area contributed by atoms with Crippen LogP contribution in [0, 0.1) is 13.8 Å². The van der Waals surface area contributed by atoms with E-state index in [4.69, 9.17) is 23.7 Å². The Labute approximate surface area is 268 Å². The van der Waals surface area contributed by atoms with Crippen LogP contribution in [-0.4, -0.2) is 55.4 Å². The lowest BCUT2D eigenvalue weighted by molar-refractivity contribution is -0.138. The van der Waals surface area contributed by atoms with Crippen LogP contribution in [-0.2, 0) is 19.1 Å². The van der Waals surface area contributed by atoms with E-state index >= 15 is 0 Å². The number of rotatable bonds is 18. The van der Waals surface area contributed by atoms with Crippen molar-refractivity contribution in [2.75, 3.05) is 26.4 Å². The van der Waals surface area contributed by atoms with E-state index in [0.29, 0.717) is 90.6 Å². The number of carboxylic acid groups (broad SMARTS) is 1. The van der Waals surface area contributed by atoms with Crippen molar-refractivity contribution in [3.63, 3.8) is 0 Å². The third-order valence-corrected chi connectivity index (χ3v) is 6.83. The van der Waals surface area contributed by atoms with E-state index in [1.807, 2.05) is 0 Å². The second-order valence-electron chi connectivity index (χ2n) is 10.2. The van der Waals surface area contributed by atoms with E-state index < -0.39 is 23.9 Å². The predicted octanol–water partition coefficient (Wildman–Crippen LogP) is 6.66. The number of benzene rings is 3. The minimum absolute atomic E-state index is 0.115. The second kappa shape index (κ2) is 17.8. The Balaban J connectivity index is 1.62. The zero-order valence-electron chi connectivity index (χ0n) is 26.0. The lowest BCUT2D eigenvalue weighted by Crippen LogP contribution is -2.10. The molecule has 3 rings (SSSR count). The first-order chi connectivity index (χ1) is 22.1. The molecule has 3 aromatic rings. The highest BCUT2D eigenvalue weighted by Gasteiger charge is 2.19. The highest BCUT2D eigenvalue weighted by atomic mass is 16.5. The summed E-state index contributed by atoms with van der Waals surface area (Å²) in [6.07, 6.45) is 4.80. The van der Waals surface area contributed by atoms with E-state index in [1.54, 1.807) is 62.4 Å². The van der Waals surface area contributed by atoms with Crippen LogP contribution >= 0.6 is 0 Å². The molecule has 0 amide bonds. The number of aromatic carboxylic acids is 1. The van der Waals surface area contributed by atoms with E-state index in [2.05, 4.69) is 13.2 Å².